The lowest BCUT2D eigenvalue weighted by Gasteiger charge is -2.18. The van der Waals surface area contributed by atoms with Gasteiger partial charge in [-0.15, -0.1) is 0 Å². The SMILES string of the molecule is COCC(CCN)Nc1cccc(C(F)(F)F)n1. The van der Waals surface area contributed by atoms with E-state index in [1.165, 1.54) is 19.2 Å². The molecule has 1 aromatic rings. The molecule has 1 heterocycles. The molecule has 1 atom stereocenters. The van der Waals surface area contributed by atoms with E-state index >= 15 is 0 Å². The van der Waals surface area contributed by atoms with Crippen LogP contribution in [0.2, 0.25) is 0 Å². The standard InChI is InChI=1S/C11H16F3N3O/c1-18-7-8(5-6-15)16-10-4-2-3-9(17-10)11(12,13)14/h2-4,8H,5-7,15H2,1H3,(H,16,17). The topological polar surface area (TPSA) is 60.2 Å². The normalized spacial score (nSPS) is 13.4. The zero-order chi connectivity index (χ0) is 13.6. The number of halogens is 3. The first-order valence-corrected chi connectivity index (χ1v) is 5.47. The number of nitrogens with one attached hydrogen (secondary N) is 1. The molecule has 0 fully saturated rings. The number of pyridine rings is 1. The number of alkyl halides is 3. The van der Waals surface area contributed by atoms with Crippen molar-refractivity contribution in [3.05, 3.63) is 23.9 Å². The first-order valence-electron chi connectivity index (χ1n) is 5.47. The number of anilines is 1. The highest BCUT2D eigenvalue weighted by molar-refractivity contribution is 5.37. The number of ether oxygens (including phenoxy) is 1. The zero-order valence-corrected chi connectivity index (χ0v) is 10.00. The molecule has 1 aromatic heterocycles. The van der Waals surface area contributed by atoms with Gasteiger partial charge in [0.25, 0.3) is 0 Å². The monoisotopic (exact) mass is 263 g/mol. The summed E-state index contributed by atoms with van der Waals surface area (Å²) in [4.78, 5) is 3.52. The Balaban J connectivity index is 2.77. The number of nitrogens with zero attached hydrogens (tertiary/aromatic N) is 1. The molecule has 4 nitrogen and oxygen atoms in total. The largest absolute Gasteiger partial charge is 0.433 e. The Morgan fingerprint density at radius 1 is 1.44 bits per heavy atom. The van der Waals surface area contributed by atoms with Crippen LogP contribution in [-0.2, 0) is 10.9 Å². The van der Waals surface area contributed by atoms with Crippen LogP contribution < -0.4 is 11.1 Å². The van der Waals surface area contributed by atoms with E-state index in [0.29, 0.717) is 19.6 Å². The molecule has 0 aliphatic carbocycles. The fourth-order valence-electron chi connectivity index (χ4n) is 1.48. The number of hydrogen-bond acceptors (Lipinski definition) is 4. The molecule has 18 heavy (non-hydrogen) atoms. The van der Waals surface area contributed by atoms with Crippen LogP contribution in [0.25, 0.3) is 0 Å². The number of methoxy groups -OCH3 is 1. The van der Waals surface area contributed by atoms with E-state index in [0.717, 1.165) is 6.07 Å². The highest BCUT2D eigenvalue weighted by Crippen LogP contribution is 2.28. The van der Waals surface area contributed by atoms with Gasteiger partial charge in [0.15, 0.2) is 0 Å². The van der Waals surface area contributed by atoms with Gasteiger partial charge < -0.3 is 15.8 Å². The molecule has 0 saturated carbocycles. The Morgan fingerprint density at radius 3 is 2.72 bits per heavy atom. The lowest BCUT2D eigenvalue weighted by Crippen LogP contribution is -2.28. The van der Waals surface area contributed by atoms with Gasteiger partial charge in [0.05, 0.1) is 12.6 Å². The van der Waals surface area contributed by atoms with Crippen molar-refractivity contribution in [1.29, 1.82) is 0 Å². The molecule has 1 rings (SSSR count). The molecule has 0 spiro atoms. The summed E-state index contributed by atoms with van der Waals surface area (Å²) in [5, 5.41) is 2.88. The van der Waals surface area contributed by atoms with Gasteiger partial charge in [-0.2, -0.15) is 13.2 Å². The number of hydrogen-bond donors (Lipinski definition) is 2. The van der Waals surface area contributed by atoms with Crippen molar-refractivity contribution in [3.8, 4) is 0 Å². The van der Waals surface area contributed by atoms with E-state index in [9.17, 15) is 13.2 Å². The second-order valence-electron chi connectivity index (χ2n) is 3.78. The molecule has 3 N–H and O–H groups in total. The van der Waals surface area contributed by atoms with Crippen LogP contribution in [0.4, 0.5) is 19.0 Å². The quantitative estimate of drug-likeness (QED) is 0.822. The fourth-order valence-corrected chi connectivity index (χ4v) is 1.48. The van der Waals surface area contributed by atoms with E-state index < -0.39 is 11.9 Å². The van der Waals surface area contributed by atoms with Gasteiger partial charge in [-0.1, -0.05) is 6.07 Å². The molecule has 102 valence electrons. The lowest BCUT2D eigenvalue weighted by atomic mass is 10.2. The molecule has 7 heteroatoms. The van der Waals surface area contributed by atoms with Crippen LogP contribution in [0.5, 0.6) is 0 Å². The number of nitrogens with two attached hydrogens (primary N) is 1. The Morgan fingerprint density at radius 2 is 2.17 bits per heavy atom. The lowest BCUT2D eigenvalue weighted by molar-refractivity contribution is -0.141. The summed E-state index contributed by atoms with van der Waals surface area (Å²) >= 11 is 0. The number of rotatable bonds is 6. The average Bonchev–Trinajstić information content (AvgIpc) is 2.29. The van der Waals surface area contributed by atoms with E-state index in [4.69, 9.17) is 10.5 Å². The summed E-state index contributed by atoms with van der Waals surface area (Å²) < 4.78 is 42.4. The van der Waals surface area contributed by atoms with Crippen molar-refractivity contribution in [2.24, 2.45) is 5.73 Å². The van der Waals surface area contributed by atoms with Crippen LogP contribution >= 0.6 is 0 Å². The van der Waals surface area contributed by atoms with Gasteiger partial charge in [-0.25, -0.2) is 4.98 Å². The molecule has 0 saturated heterocycles. The summed E-state index contributed by atoms with van der Waals surface area (Å²) in [6, 6.07) is 3.56. The van der Waals surface area contributed by atoms with Gasteiger partial charge in [0.1, 0.15) is 11.5 Å². The van der Waals surface area contributed by atoms with Crippen molar-refractivity contribution in [3.63, 3.8) is 0 Å². The Labute approximate surface area is 103 Å². The van der Waals surface area contributed by atoms with Crippen molar-refractivity contribution in [2.75, 3.05) is 25.6 Å². The second kappa shape index (κ2) is 6.55. The van der Waals surface area contributed by atoms with Crippen LogP contribution in [0.15, 0.2) is 18.2 Å². The summed E-state index contributed by atoms with van der Waals surface area (Å²) in [6.07, 6.45) is -3.85. The minimum atomic E-state index is -4.44. The summed E-state index contributed by atoms with van der Waals surface area (Å²) in [7, 11) is 1.52. The molecule has 0 radical (unpaired) electrons. The van der Waals surface area contributed by atoms with Crippen molar-refractivity contribution in [1.82, 2.24) is 4.98 Å². The molecular formula is C11H16F3N3O. The predicted molar refractivity (Wildman–Crippen MR) is 62.2 cm³/mol. The van der Waals surface area contributed by atoms with Gasteiger partial charge in [-0.05, 0) is 25.1 Å². The first kappa shape index (κ1) is 14.7. The maximum Gasteiger partial charge on any atom is 0.433 e. The van der Waals surface area contributed by atoms with Crippen molar-refractivity contribution >= 4 is 5.82 Å². The minimum absolute atomic E-state index is 0.156. The van der Waals surface area contributed by atoms with E-state index in [1.54, 1.807) is 0 Å². The van der Waals surface area contributed by atoms with E-state index in [1.807, 2.05) is 0 Å². The number of aromatic nitrogens is 1. The molecule has 0 bridgehead atoms. The Kier molecular flexibility index (Phi) is 5.36. The van der Waals surface area contributed by atoms with Crippen LogP contribution in [0.3, 0.4) is 0 Å². The Bertz CT molecular complexity index is 365. The summed E-state index contributed by atoms with van der Waals surface area (Å²) in [5.41, 5.74) is 4.50. The van der Waals surface area contributed by atoms with Gasteiger partial charge in [0.2, 0.25) is 0 Å². The molecule has 0 aliphatic heterocycles. The second-order valence-corrected chi connectivity index (χ2v) is 3.78. The van der Waals surface area contributed by atoms with Gasteiger partial charge >= 0.3 is 6.18 Å². The third-order valence-electron chi connectivity index (χ3n) is 2.27. The minimum Gasteiger partial charge on any atom is -0.383 e. The third kappa shape index (κ3) is 4.50. The maximum atomic E-state index is 12.5. The third-order valence-corrected chi connectivity index (χ3v) is 2.27. The Hall–Kier alpha value is -1.34. The van der Waals surface area contributed by atoms with E-state index in [-0.39, 0.29) is 11.9 Å². The van der Waals surface area contributed by atoms with Crippen molar-refractivity contribution < 1.29 is 17.9 Å². The fraction of sp³-hybridized carbons (Fsp3) is 0.545. The van der Waals surface area contributed by atoms with Crippen LogP contribution in [0, 0.1) is 0 Å². The zero-order valence-electron chi connectivity index (χ0n) is 10.00. The molecule has 0 aromatic carbocycles. The maximum absolute atomic E-state index is 12.5. The summed E-state index contributed by atoms with van der Waals surface area (Å²) in [6.45, 7) is 0.773. The van der Waals surface area contributed by atoms with E-state index in [2.05, 4.69) is 10.3 Å². The highest BCUT2D eigenvalue weighted by atomic mass is 19.4. The highest BCUT2D eigenvalue weighted by Gasteiger charge is 2.32. The van der Waals surface area contributed by atoms with Crippen molar-refractivity contribution in [2.45, 2.75) is 18.6 Å². The summed E-state index contributed by atoms with van der Waals surface area (Å²) in [5.74, 6) is 0.167. The van der Waals surface area contributed by atoms with Crippen LogP contribution in [-0.4, -0.2) is 31.3 Å². The molecule has 0 aliphatic rings. The van der Waals surface area contributed by atoms with Gasteiger partial charge in [0, 0.05) is 7.11 Å². The van der Waals surface area contributed by atoms with Gasteiger partial charge in [-0.3, -0.25) is 0 Å². The molecule has 0 amide bonds. The average molecular weight is 263 g/mol. The first-order chi connectivity index (χ1) is 8.47. The predicted octanol–water partition coefficient (Wildman–Crippen LogP) is 1.88. The molecular weight excluding hydrogens is 247 g/mol. The van der Waals surface area contributed by atoms with Crippen LogP contribution in [0.1, 0.15) is 12.1 Å². The smallest absolute Gasteiger partial charge is 0.383 e. The molecule has 1 unspecified atom stereocenters.